The van der Waals surface area contributed by atoms with Crippen molar-refractivity contribution in [3.05, 3.63) is 96.1 Å². The maximum absolute atomic E-state index is 12.1. The Kier molecular flexibility index (Phi) is 12.7. The van der Waals surface area contributed by atoms with Crippen molar-refractivity contribution in [3.8, 4) is 11.5 Å². The first-order chi connectivity index (χ1) is 21.0. The molecule has 0 heterocycles. The molecule has 0 aliphatic carbocycles. The van der Waals surface area contributed by atoms with Crippen molar-refractivity contribution in [3.63, 3.8) is 0 Å². The molecule has 0 bridgehead atoms. The fourth-order valence-electron chi connectivity index (χ4n) is 3.84. The third-order valence-corrected chi connectivity index (χ3v) is 7.62. The van der Waals surface area contributed by atoms with Gasteiger partial charge in [0.2, 0.25) is 0 Å². The fourth-order valence-corrected chi connectivity index (χ4v) is 5.22. The number of hydrogen-bond acceptors (Lipinski definition) is 12. The topological polar surface area (TPSA) is 182 Å². The van der Waals surface area contributed by atoms with E-state index in [9.17, 15) is 25.9 Å². The molecule has 0 N–H and O–H groups in total. The summed E-state index contributed by atoms with van der Waals surface area (Å²) < 4.78 is 83.0. The average molecular weight is 658 g/mol. The molecule has 15 heteroatoms. The summed E-state index contributed by atoms with van der Waals surface area (Å²) in [6.45, 7) is 4.72. The molecule has 0 aliphatic heterocycles. The minimum absolute atomic E-state index is 0. The summed E-state index contributed by atoms with van der Waals surface area (Å²) in [4.78, 5) is -1.21. The Balaban J connectivity index is 0.00000552. The van der Waals surface area contributed by atoms with Crippen LogP contribution in [0.15, 0.2) is 115 Å². The zero-order valence-electron chi connectivity index (χ0n) is 24.5. The van der Waals surface area contributed by atoms with Crippen LogP contribution in [0.1, 0.15) is 25.0 Å². The molecule has 12 nitrogen and oxygen atoms in total. The first-order valence-corrected chi connectivity index (χ1v) is 15.9. The van der Waals surface area contributed by atoms with E-state index in [1.807, 2.05) is 13.8 Å². The summed E-state index contributed by atoms with van der Waals surface area (Å²) in [7, 11) is -9.95. The molecule has 0 aliphatic rings. The van der Waals surface area contributed by atoms with E-state index in [1.54, 1.807) is 48.5 Å². The van der Waals surface area contributed by atoms with E-state index in [2.05, 4.69) is 20.5 Å². The van der Waals surface area contributed by atoms with E-state index in [0.717, 1.165) is 12.1 Å². The van der Waals surface area contributed by atoms with E-state index in [4.69, 9.17) is 9.47 Å². The van der Waals surface area contributed by atoms with Crippen LogP contribution in [0, 0.1) is 0 Å². The maximum Gasteiger partial charge on any atom is 1.00 e. The van der Waals surface area contributed by atoms with Crippen LogP contribution in [0.2, 0.25) is 0 Å². The molecule has 0 spiro atoms. The Bertz CT molecular complexity index is 1790. The predicted octanol–water partition coefficient (Wildman–Crippen LogP) is 4.30. The van der Waals surface area contributed by atoms with Crippen molar-refractivity contribution in [2.24, 2.45) is 20.5 Å². The van der Waals surface area contributed by atoms with Crippen molar-refractivity contribution in [2.45, 2.75) is 23.6 Å². The second-order valence-corrected chi connectivity index (χ2v) is 11.6. The van der Waals surface area contributed by atoms with E-state index in [0.29, 0.717) is 36.1 Å². The van der Waals surface area contributed by atoms with Crippen molar-refractivity contribution in [1.82, 2.24) is 0 Å². The Morgan fingerprint density at radius 3 is 1.18 bits per heavy atom. The largest absolute Gasteiger partial charge is 1.00 e. The normalized spacial score (nSPS) is 12.1. The maximum atomic E-state index is 12.1. The van der Waals surface area contributed by atoms with Gasteiger partial charge >= 0.3 is 29.6 Å². The van der Waals surface area contributed by atoms with Crippen molar-refractivity contribution in [1.29, 1.82) is 0 Å². The molecule has 0 amide bonds. The predicted molar refractivity (Wildman–Crippen MR) is 161 cm³/mol. The Labute approximate surface area is 283 Å². The molecule has 0 saturated heterocycles. The number of benzene rings is 4. The summed E-state index contributed by atoms with van der Waals surface area (Å²) in [5.41, 5.74) is 1.03. The van der Waals surface area contributed by atoms with Crippen molar-refractivity contribution >= 4 is 55.1 Å². The van der Waals surface area contributed by atoms with E-state index < -0.39 is 30.0 Å². The second kappa shape index (κ2) is 16.0. The smallest absolute Gasteiger partial charge is 0.744 e. The van der Waals surface area contributed by atoms with Crippen molar-refractivity contribution < 1.29 is 65.0 Å². The molecule has 0 radical (unpaired) electrons. The van der Waals surface area contributed by atoms with Crippen LogP contribution in [0.25, 0.3) is 12.2 Å². The van der Waals surface area contributed by atoms with Crippen LogP contribution < -0.4 is 39.0 Å². The van der Waals surface area contributed by atoms with Crippen LogP contribution in [0.3, 0.4) is 0 Å². The standard InChI is InChI=1S/C30H28N4O8S2.Na/c1-3-41-27-15-11-23(12-16-27)31-33-25-9-7-21(29(19-25)43(35,36)37)5-6-22-8-10-26(20-30(22)44(38,39)40)34-32-24-13-17-28(18-14-24)42-4-2;/h5-20H,3-4H2,1-2H3,(H,35,36,37)(H,38,39,40);/q;+1/p-2/b6-5+,33-31?,34-32?;. The van der Waals surface area contributed by atoms with Gasteiger partial charge in [0.05, 0.1) is 45.8 Å². The zero-order chi connectivity index (χ0) is 31.7. The van der Waals surface area contributed by atoms with Gasteiger partial charge in [-0.15, -0.1) is 0 Å². The first-order valence-electron chi connectivity index (χ1n) is 13.1. The number of ether oxygens (including phenoxy) is 2. The van der Waals surface area contributed by atoms with E-state index in [1.165, 1.54) is 36.4 Å². The second-order valence-electron chi connectivity index (χ2n) is 8.94. The summed E-state index contributed by atoms with van der Waals surface area (Å²) >= 11 is 0. The van der Waals surface area contributed by atoms with Crippen LogP contribution in [-0.2, 0) is 20.2 Å². The Morgan fingerprint density at radius 2 is 0.867 bits per heavy atom. The molecule has 228 valence electrons. The number of rotatable bonds is 12. The fraction of sp³-hybridized carbons (Fsp3) is 0.133. The SMILES string of the molecule is CCOc1ccc(N=Nc2ccc(/C=C/c3ccc(N=Nc4ccc(OCC)cc4)cc3S(=O)(=O)[O-])c(S(=O)(=O)[O-])c2)cc1.[Na+]. The molecule has 4 aromatic rings. The van der Waals surface area contributed by atoms with Gasteiger partial charge in [0.15, 0.2) is 0 Å². The molecule has 4 rings (SSSR count). The number of hydrogen-bond donors (Lipinski definition) is 0. The molecule has 0 aromatic heterocycles. The van der Waals surface area contributed by atoms with E-state index >= 15 is 0 Å². The molecular weight excluding hydrogens is 631 g/mol. The summed E-state index contributed by atoms with van der Waals surface area (Å²) in [5.74, 6) is 1.30. The van der Waals surface area contributed by atoms with Crippen molar-refractivity contribution in [2.75, 3.05) is 13.2 Å². The molecule has 0 unspecified atom stereocenters. The first kappa shape index (κ1) is 35.7. The molecule has 45 heavy (non-hydrogen) atoms. The summed E-state index contributed by atoms with van der Waals surface area (Å²) in [5, 5.41) is 16.1. The van der Waals surface area contributed by atoms with Crippen LogP contribution in [0.4, 0.5) is 22.7 Å². The van der Waals surface area contributed by atoms with Gasteiger partial charge in [0.1, 0.15) is 31.7 Å². The average Bonchev–Trinajstić information content (AvgIpc) is 2.99. The minimum Gasteiger partial charge on any atom is -0.744 e. The Hall–Kier alpha value is -3.76. The Morgan fingerprint density at radius 1 is 0.556 bits per heavy atom. The third kappa shape index (κ3) is 10.4. The molecule has 0 fully saturated rings. The molecule has 0 saturated carbocycles. The van der Waals surface area contributed by atoms with Crippen LogP contribution in [-0.4, -0.2) is 39.2 Å². The summed E-state index contributed by atoms with van der Waals surface area (Å²) in [6.07, 6.45) is 2.42. The zero-order valence-corrected chi connectivity index (χ0v) is 28.2. The van der Waals surface area contributed by atoms with Gasteiger partial charge in [-0.05, 0) is 97.8 Å². The quantitative estimate of drug-likeness (QED) is 0.0935. The van der Waals surface area contributed by atoms with Gasteiger partial charge in [-0.2, -0.15) is 20.5 Å². The van der Waals surface area contributed by atoms with Gasteiger partial charge in [-0.1, -0.05) is 24.3 Å². The monoisotopic (exact) mass is 657 g/mol. The van der Waals surface area contributed by atoms with E-state index in [-0.39, 0.29) is 52.1 Å². The van der Waals surface area contributed by atoms with Gasteiger partial charge in [0.25, 0.3) is 0 Å². The van der Waals surface area contributed by atoms with Crippen LogP contribution in [0.5, 0.6) is 11.5 Å². The number of azo groups is 2. The third-order valence-electron chi connectivity index (χ3n) is 5.83. The minimum atomic E-state index is -4.98. The number of nitrogens with zero attached hydrogens (tertiary/aromatic N) is 4. The van der Waals surface area contributed by atoms with Gasteiger partial charge in [0, 0.05) is 0 Å². The van der Waals surface area contributed by atoms with Gasteiger partial charge in [-0.25, -0.2) is 16.8 Å². The molecular formula is C30H26N4NaO8S2-. The molecule has 0 atom stereocenters. The summed E-state index contributed by atoms with van der Waals surface area (Å²) in [6, 6.07) is 21.0. The van der Waals surface area contributed by atoms with Gasteiger partial charge in [-0.3, -0.25) is 0 Å². The van der Waals surface area contributed by atoms with Gasteiger partial charge < -0.3 is 18.6 Å². The molecule has 4 aromatic carbocycles. The van der Waals surface area contributed by atoms with Crippen LogP contribution >= 0.6 is 0 Å².